The Kier molecular flexibility index (Phi) is 5.16. The van der Waals surface area contributed by atoms with Crippen LogP contribution in [0.4, 0.5) is 5.69 Å². The van der Waals surface area contributed by atoms with Gasteiger partial charge in [-0.05, 0) is 43.0 Å². The summed E-state index contributed by atoms with van der Waals surface area (Å²) in [7, 11) is 0. The Morgan fingerprint density at radius 2 is 2.07 bits per heavy atom. The standard InChI is InChI=1S/C13H20BrN/c1-4-5-10(2)9-15-13-7-11(3)6-12(14)8-13/h6-8,10,15H,4-5,9H2,1-3H3. The summed E-state index contributed by atoms with van der Waals surface area (Å²) in [6.07, 6.45) is 2.56. The molecule has 0 saturated carbocycles. The van der Waals surface area contributed by atoms with E-state index in [-0.39, 0.29) is 0 Å². The predicted molar refractivity (Wildman–Crippen MR) is 71.4 cm³/mol. The van der Waals surface area contributed by atoms with E-state index in [1.165, 1.54) is 24.1 Å². The summed E-state index contributed by atoms with van der Waals surface area (Å²) in [4.78, 5) is 0. The fourth-order valence-electron chi connectivity index (χ4n) is 1.73. The molecule has 1 aromatic rings. The Labute approximate surface area is 101 Å². The molecule has 0 saturated heterocycles. The lowest BCUT2D eigenvalue weighted by atomic mass is 10.1. The van der Waals surface area contributed by atoms with E-state index in [4.69, 9.17) is 0 Å². The van der Waals surface area contributed by atoms with E-state index in [1.54, 1.807) is 0 Å². The number of rotatable bonds is 5. The van der Waals surface area contributed by atoms with Gasteiger partial charge in [0.05, 0.1) is 0 Å². The molecule has 2 heteroatoms. The van der Waals surface area contributed by atoms with Gasteiger partial charge >= 0.3 is 0 Å². The van der Waals surface area contributed by atoms with Gasteiger partial charge in [0, 0.05) is 16.7 Å². The molecule has 1 nitrogen and oxygen atoms in total. The van der Waals surface area contributed by atoms with Crippen LogP contribution >= 0.6 is 15.9 Å². The van der Waals surface area contributed by atoms with Crippen molar-refractivity contribution in [3.63, 3.8) is 0 Å². The van der Waals surface area contributed by atoms with Gasteiger partial charge in [0.2, 0.25) is 0 Å². The van der Waals surface area contributed by atoms with Gasteiger partial charge < -0.3 is 5.32 Å². The van der Waals surface area contributed by atoms with Crippen molar-refractivity contribution < 1.29 is 0 Å². The fourth-order valence-corrected chi connectivity index (χ4v) is 2.33. The summed E-state index contributed by atoms with van der Waals surface area (Å²) in [5.41, 5.74) is 2.50. The van der Waals surface area contributed by atoms with Crippen molar-refractivity contribution in [1.29, 1.82) is 0 Å². The Morgan fingerprint density at radius 3 is 2.67 bits per heavy atom. The molecule has 0 fully saturated rings. The molecule has 0 aromatic heterocycles. The van der Waals surface area contributed by atoms with Crippen molar-refractivity contribution in [2.45, 2.75) is 33.6 Å². The van der Waals surface area contributed by atoms with E-state index in [1.807, 2.05) is 0 Å². The number of nitrogens with one attached hydrogen (secondary N) is 1. The van der Waals surface area contributed by atoms with Gasteiger partial charge in [-0.3, -0.25) is 0 Å². The molecule has 0 aliphatic rings. The molecular weight excluding hydrogens is 250 g/mol. The molecule has 0 radical (unpaired) electrons. The van der Waals surface area contributed by atoms with Gasteiger partial charge in [0.25, 0.3) is 0 Å². The van der Waals surface area contributed by atoms with Crippen LogP contribution in [0, 0.1) is 12.8 Å². The first-order valence-electron chi connectivity index (χ1n) is 5.63. The maximum atomic E-state index is 3.51. The molecule has 84 valence electrons. The lowest BCUT2D eigenvalue weighted by molar-refractivity contribution is 0.551. The highest BCUT2D eigenvalue weighted by Crippen LogP contribution is 2.19. The number of hydrogen-bond donors (Lipinski definition) is 1. The summed E-state index contributed by atoms with van der Waals surface area (Å²) >= 11 is 3.51. The van der Waals surface area contributed by atoms with Crippen LogP contribution in [0.5, 0.6) is 0 Å². The van der Waals surface area contributed by atoms with Gasteiger partial charge in [-0.25, -0.2) is 0 Å². The first-order valence-corrected chi connectivity index (χ1v) is 6.42. The van der Waals surface area contributed by atoms with E-state index < -0.39 is 0 Å². The number of anilines is 1. The molecule has 1 unspecified atom stereocenters. The molecule has 1 atom stereocenters. The van der Waals surface area contributed by atoms with Crippen LogP contribution in [-0.4, -0.2) is 6.54 Å². The van der Waals surface area contributed by atoms with Gasteiger partial charge in [-0.1, -0.05) is 36.2 Å². The average Bonchev–Trinajstić information content (AvgIpc) is 2.14. The van der Waals surface area contributed by atoms with E-state index in [2.05, 4.69) is 60.2 Å². The predicted octanol–water partition coefficient (Wildman–Crippen LogP) is 4.61. The molecule has 0 spiro atoms. The molecular formula is C13H20BrN. The summed E-state index contributed by atoms with van der Waals surface area (Å²) in [6.45, 7) is 7.70. The Morgan fingerprint density at radius 1 is 1.33 bits per heavy atom. The average molecular weight is 270 g/mol. The minimum Gasteiger partial charge on any atom is -0.385 e. The monoisotopic (exact) mass is 269 g/mol. The molecule has 0 heterocycles. The minimum absolute atomic E-state index is 0.745. The Balaban J connectivity index is 2.50. The van der Waals surface area contributed by atoms with Crippen molar-refractivity contribution in [2.24, 2.45) is 5.92 Å². The van der Waals surface area contributed by atoms with Crippen LogP contribution in [0.3, 0.4) is 0 Å². The lowest BCUT2D eigenvalue weighted by Gasteiger charge is -2.13. The summed E-state index contributed by atoms with van der Waals surface area (Å²) in [5.74, 6) is 0.745. The molecule has 1 rings (SSSR count). The second kappa shape index (κ2) is 6.16. The first-order chi connectivity index (χ1) is 7.11. The van der Waals surface area contributed by atoms with E-state index in [9.17, 15) is 0 Å². The molecule has 0 aliphatic carbocycles. The highest BCUT2D eigenvalue weighted by atomic mass is 79.9. The molecule has 1 N–H and O–H groups in total. The van der Waals surface area contributed by atoms with E-state index in [0.717, 1.165) is 16.9 Å². The first kappa shape index (κ1) is 12.6. The summed E-state index contributed by atoms with van der Waals surface area (Å²) in [6, 6.07) is 6.44. The second-order valence-electron chi connectivity index (χ2n) is 4.29. The van der Waals surface area contributed by atoms with E-state index >= 15 is 0 Å². The topological polar surface area (TPSA) is 12.0 Å². The largest absolute Gasteiger partial charge is 0.385 e. The lowest BCUT2D eigenvalue weighted by Crippen LogP contribution is -2.10. The van der Waals surface area contributed by atoms with Crippen LogP contribution in [-0.2, 0) is 0 Å². The highest BCUT2D eigenvalue weighted by Gasteiger charge is 2.01. The van der Waals surface area contributed by atoms with Crippen LogP contribution in [0.15, 0.2) is 22.7 Å². The smallest absolute Gasteiger partial charge is 0.0354 e. The Hall–Kier alpha value is -0.500. The van der Waals surface area contributed by atoms with Gasteiger partial charge in [-0.2, -0.15) is 0 Å². The zero-order valence-corrected chi connectivity index (χ0v) is 11.4. The molecule has 0 bridgehead atoms. The van der Waals surface area contributed by atoms with Crippen molar-refractivity contribution in [3.8, 4) is 0 Å². The Bertz CT molecular complexity index is 289. The van der Waals surface area contributed by atoms with Crippen LogP contribution < -0.4 is 5.32 Å². The van der Waals surface area contributed by atoms with Crippen LogP contribution in [0.25, 0.3) is 0 Å². The minimum atomic E-state index is 0.745. The number of hydrogen-bond acceptors (Lipinski definition) is 1. The van der Waals surface area contributed by atoms with Gasteiger partial charge in [0.1, 0.15) is 0 Å². The van der Waals surface area contributed by atoms with Gasteiger partial charge in [-0.15, -0.1) is 0 Å². The quantitative estimate of drug-likeness (QED) is 0.824. The van der Waals surface area contributed by atoms with Crippen molar-refractivity contribution in [3.05, 3.63) is 28.2 Å². The normalized spacial score (nSPS) is 12.5. The highest BCUT2D eigenvalue weighted by molar-refractivity contribution is 9.10. The number of benzene rings is 1. The summed E-state index contributed by atoms with van der Waals surface area (Å²) < 4.78 is 1.15. The molecule has 0 aliphatic heterocycles. The zero-order chi connectivity index (χ0) is 11.3. The van der Waals surface area contributed by atoms with Crippen molar-refractivity contribution in [1.82, 2.24) is 0 Å². The zero-order valence-electron chi connectivity index (χ0n) is 9.81. The maximum Gasteiger partial charge on any atom is 0.0354 e. The maximum absolute atomic E-state index is 3.51. The summed E-state index contributed by atoms with van der Waals surface area (Å²) in [5, 5.41) is 3.48. The van der Waals surface area contributed by atoms with Crippen LogP contribution in [0.2, 0.25) is 0 Å². The third-order valence-corrected chi connectivity index (χ3v) is 2.94. The van der Waals surface area contributed by atoms with Crippen molar-refractivity contribution in [2.75, 3.05) is 11.9 Å². The van der Waals surface area contributed by atoms with Gasteiger partial charge in [0.15, 0.2) is 0 Å². The third-order valence-electron chi connectivity index (χ3n) is 2.48. The second-order valence-corrected chi connectivity index (χ2v) is 5.21. The molecule has 1 aromatic carbocycles. The number of halogens is 1. The van der Waals surface area contributed by atoms with Crippen LogP contribution in [0.1, 0.15) is 32.3 Å². The fraction of sp³-hybridized carbons (Fsp3) is 0.538. The molecule has 0 amide bonds. The van der Waals surface area contributed by atoms with Crippen molar-refractivity contribution >= 4 is 21.6 Å². The van der Waals surface area contributed by atoms with E-state index in [0.29, 0.717) is 0 Å². The SMILES string of the molecule is CCCC(C)CNc1cc(C)cc(Br)c1. The molecule has 15 heavy (non-hydrogen) atoms. The third kappa shape index (κ3) is 4.70. The number of aryl methyl sites for hydroxylation is 1.